The predicted molar refractivity (Wildman–Crippen MR) is 174 cm³/mol. The molecule has 3 aromatic carbocycles. The third-order valence-electron chi connectivity index (χ3n) is 8.62. The number of H-pyrrole nitrogens is 3. The number of halogens is 3. The van der Waals surface area contributed by atoms with Crippen molar-refractivity contribution in [3.05, 3.63) is 76.7 Å². The van der Waals surface area contributed by atoms with Crippen LogP contribution in [0.3, 0.4) is 0 Å². The molecule has 15 heteroatoms. The highest BCUT2D eigenvalue weighted by molar-refractivity contribution is 6.14. The Morgan fingerprint density at radius 1 is 0.816 bits per heavy atom. The average Bonchev–Trinajstić information content (AvgIpc) is 3.88. The number of benzene rings is 3. The van der Waals surface area contributed by atoms with Crippen LogP contribution in [0.25, 0.3) is 32.7 Å². The minimum Gasteiger partial charge on any atom is -0.493 e. The molecule has 0 spiro atoms. The highest BCUT2D eigenvalue weighted by Crippen LogP contribution is 2.44. The number of nitrogens with zero attached hydrogens (tertiary/aromatic N) is 1. The number of alkyl halides is 3. The normalized spacial score (nSPS) is 12.8. The number of rotatable bonds is 7. The molecule has 3 aromatic heterocycles. The van der Waals surface area contributed by atoms with Crippen molar-refractivity contribution < 1.29 is 46.5 Å². The summed E-state index contributed by atoms with van der Waals surface area (Å²) in [5, 5.41) is 4.25. The Morgan fingerprint density at radius 3 is 2.24 bits per heavy atom. The van der Waals surface area contributed by atoms with Gasteiger partial charge in [0.1, 0.15) is 17.1 Å². The van der Waals surface area contributed by atoms with Crippen molar-refractivity contribution >= 4 is 61.9 Å². The van der Waals surface area contributed by atoms with Crippen molar-refractivity contribution in [3.63, 3.8) is 0 Å². The van der Waals surface area contributed by atoms with Crippen LogP contribution in [0.1, 0.15) is 42.6 Å². The summed E-state index contributed by atoms with van der Waals surface area (Å²) in [6, 6.07) is 13.1. The Labute approximate surface area is 275 Å². The summed E-state index contributed by atoms with van der Waals surface area (Å²) in [5.41, 5.74) is 1.28. The molecule has 4 heterocycles. The zero-order valence-corrected chi connectivity index (χ0v) is 26.5. The largest absolute Gasteiger partial charge is 0.493 e. The molecule has 1 aliphatic heterocycles. The highest BCUT2D eigenvalue weighted by atomic mass is 19.4. The van der Waals surface area contributed by atoms with Crippen LogP contribution >= 0.6 is 0 Å². The van der Waals surface area contributed by atoms with Crippen molar-refractivity contribution in [3.8, 4) is 17.2 Å². The number of anilines is 2. The van der Waals surface area contributed by atoms with Gasteiger partial charge < -0.3 is 44.1 Å². The quantitative estimate of drug-likeness (QED) is 0.143. The Kier molecular flexibility index (Phi) is 7.41. The molecule has 4 N–H and O–H groups in total. The molecule has 0 atom stereocenters. The monoisotopic (exact) mass is 675 g/mol. The zero-order valence-electron chi connectivity index (χ0n) is 26.5. The highest BCUT2D eigenvalue weighted by Gasteiger charge is 2.41. The maximum Gasteiger partial charge on any atom is 0.432 e. The first-order valence-corrected chi connectivity index (χ1v) is 14.9. The van der Waals surface area contributed by atoms with E-state index in [0.717, 1.165) is 7.11 Å². The van der Waals surface area contributed by atoms with Gasteiger partial charge in [-0.1, -0.05) is 0 Å². The molecule has 2 amide bonds. The average molecular weight is 676 g/mol. The second kappa shape index (κ2) is 11.5. The Hall–Kier alpha value is -6.12. The first kappa shape index (κ1) is 31.5. The lowest BCUT2D eigenvalue weighted by Crippen LogP contribution is -2.29. The van der Waals surface area contributed by atoms with E-state index in [2.05, 4.69) is 25.0 Å². The van der Waals surface area contributed by atoms with Gasteiger partial charge in [-0.2, -0.15) is 13.2 Å². The van der Waals surface area contributed by atoms with Crippen LogP contribution in [0, 0.1) is 0 Å². The molecule has 0 unspecified atom stereocenters. The van der Waals surface area contributed by atoms with E-state index >= 15 is 0 Å². The SMILES string of the molecule is COC(=O)c1c(C(F)(F)F)[nH]c2ccc3c(c12)CCN3C(=O)c1cc2cc(NC(=O)c3cc4cc(OC)c(OC)c(OC)c4[nH]3)ccc2[nH]1. The fraction of sp³-hybridized carbons (Fsp3) is 0.206. The van der Waals surface area contributed by atoms with E-state index in [-0.39, 0.29) is 35.3 Å². The van der Waals surface area contributed by atoms with E-state index in [1.165, 1.54) is 32.3 Å². The van der Waals surface area contributed by atoms with Gasteiger partial charge in [0.05, 0.1) is 39.5 Å². The first-order chi connectivity index (χ1) is 23.5. The zero-order chi connectivity index (χ0) is 34.8. The predicted octanol–water partition coefficient (Wildman–Crippen LogP) is 6.42. The number of hydrogen-bond acceptors (Lipinski definition) is 7. The summed E-state index contributed by atoms with van der Waals surface area (Å²) >= 11 is 0. The van der Waals surface area contributed by atoms with Gasteiger partial charge in [0.15, 0.2) is 11.5 Å². The summed E-state index contributed by atoms with van der Waals surface area (Å²) < 4.78 is 62.5. The Balaban J connectivity index is 1.16. The van der Waals surface area contributed by atoms with Crippen LogP contribution in [0.5, 0.6) is 17.2 Å². The number of hydrogen-bond donors (Lipinski definition) is 4. The van der Waals surface area contributed by atoms with E-state index in [1.807, 2.05) is 0 Å². The summed E-state index contributed by atoms with van der Waals surface area (Å²) in [6.07, 6.45) is -4.59. The van der Waals surface area contributed by atoms with Gasteiger partial charge in [-0.25, -0.2) is 4.79 Å². The molecule has 0 radical (unpaired) electrons. The van der Waals surface area contributed by atoms with Crippen molar-refractivity contribution in [2.24, 2.45) is 0 Å². The van der Waals surface area contributed by atoms with E-state index < -0.39 is 35.2 Å². The first-order valence-electron chi connectivity index (χ1n) is 14.9. The van der Waals surface area contributed by atoms with Gasteiger partial charge in [-0.05, 0) is 60.5 Å². The maximum atomic E-state index is 13.8. The number of ether oxygens (including phenoxy) is 4. The van der Waals surface area contributed by atoms with Crippen LogP contribution in [-0.2, 0) is 17.3 Å². The summed E-state index contributed by atoms with van der Waals surface area (Å²) in [6.45, 7) is 0.185. The minimum atomic E-state index is -4.82. The molecule has 252 valence electrons. The number of methoxy groups -OCH3 is 4. The summed E-state index contributed by atoms with van der Waals surface area (Å²) in [7, 11) is 5.49. The molecular weight excluding hydrogens is 647 g/mol. The van der Waals surface area contributed by atoms with Crippen molar-refractivity contribution in [2.75, 3.05) is 45.2 Å². The molecule has 0 aliphatic carbocycles. The van der Waals surface area contributed by atoms with Crippen molar-refractivity contribution in [1.29, 1.82) is 0 Å². The van der Waals surface area contributed by atoms with Crippen LogP contribution in [0.4, 0.5) is 24.5 Å². The molecule has 6 aromatic rings. The van der Waals surface area contributed by atoms with Gasteiger partial charge >= 0.3 is 12.1 Å². The lowest BCUT2D eigenvalue weighted by molar-refractivity contribution is -0.141. The second-order valence-electron chi connectivity index (χ2n) is 11.3. The molecule has 0 bridgehead atoms. The standard InChI is InChI=1S/C34H28F3N5O7/c1-46-24-14-16-13-21(40-27(16)29(48-3)28(24)47-2)31(43)38-17-5-6-19-15(11-17)12-22(39-19)32(44)42-10-9-18-23(42)8-7-20-25(18)26(33(45)49-4)30(41-20)34(35,36)37/h5-8,11-14,39-41H,9-10H2,1-4H3,(H,38,43). The fourth-order valence-electron chi connectivity index (χ4n) is 6.46. The second-order valence-corrected chi connectivity index (χ2v) is 11.3. The molecule has 0 fully saturated rings. The number of carbonyl (C=O) groups excluding carboxylic acids is 3. The smallest absolute Gasteiger partial charge is 0.432 e. The molecule has 1 aliphatic rings. The Morgan fingerprint density at radius 2 is 1.55 bits per heavy atom. The number of fused-ring (bicyclic) bond motifs is 5. The molecule has 0 saturated heterocycles. The molecular formula is C34H28F3N5O7. The van der Waals surface area contributed by atoms with Crippen molar-refractivity contribution in [1.82, 2.24) is 15.0 Å². The fourth-order valence-corrected chi connectivity index (χ4v) is 6.46. The number of esters is 1. The van der Waals surface area contributed by atoms with Gasteiger partial charge in [0, 0.05) is 45.1 Å². The van der Waals surface area contributed by atoms with Crippen LogP contribution in [0.2, 0.25) is 0 Å². The number of amides is 2. The van der Waals surface area contributed by atoms with E-state index in [4.69, 9.17) is 14.2 Å². The number of aromatic nitrogens is 3. The third-order valence-corrected chi connectivity index (χ3v) is 8.62. The number of carbonyl (C=O) groups is 3. The number of nitrogens with one attached hydrogen (secondary N) is 4. The maximum absolute atomic E-state index is 13.8. The Bertz CT molecular complexity index is 2340. The molecule has 12 nitrogen and oxygen atoms in total. The van der Waals surface area contributed by atoms with Crippen molar-refractivity contribution in [2.45, 2.75) is 12.6 Å². The number of aromatic amines is 3. The summed E-state index contributed by atoms with van der Waals surface area (Å²) in [5.74, 6) is -0.755. The molecule has 7 rings (SSSR count). The van der Waals surface area contributed by atoms with Gasteiger partial charge in [0.2, 0.25) is 5.75 Å². The molecule has 49 heavy (non-hydrogen) atoms. The van der Waals surface area contributed by atoms with Gasteiger partial charge in [0.25, 0.3) is 11.8 Å². The van der Waals surface area contributed by atoms with Crippen LogP contribution in [0.15, 0.2) is 48.5 Å². The third kappa shape index (κ3) is 5.05. The van der Waals surface area contributed by atoms with Crippen LogP contribution < -0.4 is 24.4 Å². The minimum absolute atomic E-state index is 0.0793. The van der Waals surface area contributed by atoms with Gasteiger partial charge in [-0.3, -0.25) is 9.59 Å². The van der Waals surface area contributed by atoms with E-state index in [9.17, 15) is 27.6 Å². The topological polar surface area (TPSA) is 151 Å². The van der Waals surface area contributed by atoms with E-state index in [0.29, 0.717) is 56.0 Å². The lowest BCUT2D eigenvalue weighted by atomic mass is 10.0. The van der Waals surface area contributed by atoms with E-state index in [1.54, 1.807) is 42.5 Å². The lowest BCUT2D eigenvalue weighted by Gasteiger charge is -2.16. The summed E-state index contributed by atoms with van der Waals surface area (Å²) in [4.78, 5) is 49.4. The van der Waals surface area contributed by atoms with Gasteiger partial charge in [-0.15, -0.1) is 0 Å². The molecule has 0 saturated carbocycles. The van der Waals surface area contributed by atoms with Crippen LogP contribution in [-0.4, -0.2) is 67.7 Å².